The summed E-state index contributed by atoms with van der Waals surface area (Å²) in [5.74, 6) is 0.413. The van der Waals surface area contributed by atoms with Gasteiger partial charge in [0.1, 0.15) is 5.75 Å². The molecule has 0 aliphatic carbocycles. The fourth-order valence-corrected chi connectivity index (χ4v) is 2.94. The molecule has 0 saturated carbocycles. The summed E-state index contributed by atoms with van der Waals surface area (Å²) in [7, 11) is -2.31. The van der Waals surface area contributed by atoms with E-state index in [1.807, 2.05) is 6.92 Å². The van der Waals surface area contributed by atoms with Crippen LogP contribution in [-0.4, -0.2) is 25.1 Å². The molecule has 0 unspecified atom stereocenters. The lowest BCUT2D eigenvalue weighted by atomic mass is 10.1. The molecule has 1 aromatic carbocycles. The van der Waals surface area contributed by atoms with E-state index in [0.29, 0.717) is 23.5 Å². The first-order chi connectivity index (χ1) is 10.0. The molecule has 8 heteroatoms. The minimum absolute atomic E-state index is 0.0433. The summed E-state index contributed by atoms with van der Waals surface area (Å²) in [5.41, 5.74) is 6.63. The Kier molecular flexibility index (Phi) is 4.49. The van der Waals surface area contributed by atoms with Gasteiger partial charge in [0.05, 0.1) is 19.1 Å². The molecule has 0 fully saturated rings. The average molecular weight is 310 g/mol. The van der Waals surface area contributed by atoms with Crippen molar-refractivity contribution < 1.29 is 13.2 Å². The summed E-state index contributed by atoms with van der Waals surface area (Å²) in [6.45, 7) is 2.74. The number of aryl methyl sites for hydroxylation is 1. The first kappa shape index (κ1) is 15.3. The van der Waals surface area contributed by atoms with Crippen molar-refractivity contribution in [3.8, 4) is 5.75 Å². The largest absolute Gasteiger partial charge is 0.495 e. The van der Waals surface area contributed by atoms with E-state index >= 15 is 0 Å². The second-order valence-corrected chi connectivity index (χ2v) is 5.98. The smallest absolute Gasteiger partial charge is 0.281 e. The van der Waals surface area contributed by atoms with Gasteiger partial charge < -0.3 is 15.0 Å². The molecule has 0 spiro atoms. The Morgan fingerprint density at radius 2 is 2.19 bits per heavy atom. The number of nitrogens with two attached hydrogens (primary N) is 1. The second kappa shape index (κ2) is 6.15. The lowest BCUT2D eigenvalue weighted by Gasteiger charge is -2.14. The van der Waals surface area contributed by atoms with Crippen LogP contribution in [-0.2, 0) is 23.1 Å². The van der Waals surface area contributed by atoms with Gasteiger partial charge in [-0.2, -0.15) is 8.42 Å². The predicted octanol–water partition coefficient (Wildman–Crippen LogP) is 1.17. The Morgan fingerprint density at radius 1 is 1.43 bits per heavy atom. The lowest BCUT2D eigenvalue weighted by molar-refractivity contribution is 0.416. The first-order valence-electron chi connectivity index (χ1n) is 6.42. The molecule has 2 aromatic rings. The Morgan fingerprint density at radius 3 is 2.76 bits per heavy atom. The summed E-state index contributed by atoms with van der Waals surface area (Å²) in [6, 6.07) is 5.16. The van der Waals surface area contributed by atoms with Crippen molar-refractivity contribution >= 4 is 15.7 Å². The topological polar surface area (TPSA) is 99.2 Å². The van der Waals surface area contributed by atoms with Crippen LogP contribution in [0.25, 0.3) is 0 Å². The number of ether oxygens (including phenoxy) is 1. The van der Waals surface area contributed by atoms with Crippen LogP contribution in [0.3, 0.4) is 0 Å². The number of anilines is 1. The number of hydrogen-bond acceptors (Lipinski definition) is 5. The number of nitrogens with zero attached hydrogens (tertiary/aromatic N) is 2. The van der Waals surface area contributed by atoms with Crippen LogP contribution in [0.2, 0.25) is 0 Å². The third kappa shape index (κ3) is 3.17. The highest BCUT2D eigenvalue weighted by Crippen LogP contribution is 2.30. The average Bonchev–Trinajstić information content (AvgIpc) is 2.97. The normalized spacial score (nSPS) is 11.4. The number of sulfonamides is 1. The molecular formula is C13H18N4O3S. The summed E-state index contributed by atoms with van der Waals surface area (Å²) >= 11 is 0. The molecule has 1 aromatic heterocycles. The van der Waals surface area contributed by atoms with Crippen LogP contribution >= 0.6 is 0 Å². The lowest BCUT2D eigenvalue weighted by Crippen LogP contribution is -2.16. The maximum Gasteiger partial charge on any atom is 0.281 e. The molecule has 114 valence electrons. The highest BCUT2D eigenvalue weighted by molar-refractivity contribution is 7.92. The molecule has 0 atom stereocenters. The Hall–Kier alpha value is -2.06. The van der Waals surface area contributed by atoms with Gasteiger partial charge >= 0.3 is 0 Å². The Balaban J connectivity index is 2.40. The highest BCUT2D eigenvalue weighted by atomic mass is 32.2. The maximum atomic E-state index is 12.4. The highest BCUT2D eigenvalue weighted by Gasteiger charge is 2.21. The van der Waals surface area contributed by atoms with E-state index in [1.165, 1.54) is 19.6 Å². The number of aromatic nitrogens is 2. The van der Waals surface area contributed by atoms with Crippen molar-refractivity contribution in [1.82, 2.24) is 9.55 Å². The van der Waals surface area contributed by atoms with Gasteiger partial charge in [0.25, 0.3) is 10.0 Å². The van der Waals surface area contributed by atoms with Gasteiger partial charge in [0.15, 0.2) is 5.03 Å². The van der Waals surface area contributed by atoms with Crippen molar-refractivity contribution in [1.29, 1.82) is 0 Å². The number of hydrogen-bond donors (Lipinski definition) is 2. The predicted molar refractivity (Wildman–Crippen MR) is 79.6 cm³/mol. The summed E-state index contributed by atoms with van der Waals surface area (Å²) in [5, 5.41) is -0.0433. The molecular weight excluding hydrogens is 292 g/mol. The number of benzene rings is 1. The number of methoxy groups -OCH3 is 1. The van der Waals surface area contributed by atoms with Gasteiger partial charge in [-0.3, -0.25) is 4.72 Å². The molecule has 0 aliphatic heterocycles. The van der Waals surface area contributed by atoms with E-state index in [1.54, 1.807) is 22.8 Å². The number of para-hydroxylation sites is 1. The SMILES string of the molecule is CCn1cnc(S(=O)(=O)Nc2c(CN)cccc2OC)c1. The number of nitrogens with one attached hydrogen (secondary N) is 1. The van der Waals surface area contributed by atoms with Crippen LogP contribution in [0.1, 0.15) is 12.5 Å². The van der Waals surface area contributed by atoms with Gasteiger partial charge in [-0.25, -0.2) is 4.98 Å². The van der Waals surface area contributed by atoms with Crippen LogP contribution < -0.4 is 15.2 Å². The quantitative estimate of drug-likeness (QED) is 0.834. The van der Waals surface area contributed by atoms with Crippen molar-refractivity contribution in [2.75, 3.05) is 11.8 Å². The van der Waals surface area contributed by atoms with E-state index in [0.717, 1.165) is 0 Å². The van der Waals surface area contributed by atoms with E-state index in [9.17, 15) is 8.42 Å². The minimum Gasteiger partial charge on any atom is -0.495 e. The minimum atomic E-state index is -3.79. The van der Waals surface area contributed by atoms with E-state index < -0.39 is 10.0 Å². The van der Waals surface area contributed by atoms with Crippen LogP contribution in [0.15, 0.2) is 35.7 Å². The standard InChI is InChI=1S/C13H18N4O3S/c1-3-17-8-12(15-9-17)21(18,19)16-13-10(7-14)5-4-6-11(13)20-2/h4-6,8-9,16H,3,7,14H2,1-2H3. The molecule has 1 heterocycles. The zero-order chi connectivity index (χ0) is 15.5. The molecule has 21 heavy (non-hydrogen) atoms. The second-order valence-electron chi connectivity index (χ2n) is 4.35. The Labute approximate surface area is 123 Å². The van der Waals surface area contributed by atoms with Crippen molar-refractivity contribution in [3.63, 3.8) is 0 Å². The van der Waals surface area contributed by atoms with Crippen molar-refractivity contribution in [3.05, 3.63) is 36.3 Å². The maximum absolute atomic E-state index is 12.4. The van der Waals surface area contributed by atoms with E-state index in [-0.39, 0.29) is 11.6 Å². The number of rotatable bonds is 6. The summed E-state index contributed by atoms with van der Waals surface area (Å²) in [4.78, 5) is 3.91. The van der Waals surface area contributed by atoms with Crippen LogP contribution in [0.4, 0.5) is 5.69 Å². The van der Waals surface area contributed by atoms with Gasteiger partial charge in [-0.05, 0) is 18.6 Å². The van der Waals surface area contributed by atoms with E-state index in [2.05, 4.69) is 9.71 Å². The monoisotopic (exact) mass is 310 g/mol. The number of imidazole rings is 1. The summed E-state index contributed by atoms with van der Waals surface area (Å²) in [6.07, 6.45) is 2.94. The van der Waals surface area contributed by atoms with Gasteiger partial charge in [-0.1, -0.05) is 12.1 Å². The van der Waals surface area contributed by atoms with Gasteiger partial charge in [-0.15, -0.1) is 0 Å². The molecule has 0 aliphatic rings. The molecule has 0 amide bonds. The van der Waals surface area contributed by atoms with Crippen molar-refractivity contribution in [2.45, 2.75) is 25.0 Å². The first-order valence-corrected chi connectivity index (χ1v) is 7.90. The third-order valence-corrected chi connectivity index (χ3v) is 4.27. The van der Waals surface area contributed by atoms with Gasteiger partial charge in [0.2, 0.25) is 0 Å². The zero-order valence-electron chi connectivity index (χ0n) is 11.9. The van der Waals surface area contributed by atoms with Gasteiger partial charge in [0, 0.05) is 19.3 Å². The zero-order valence-corrected chi connectivity index (χ0v) is 12.7. The molecule has 0 radical (unpaired) electrons. The fraction of sp³-hybridized carbons (Fsp3) is 0.308. The van der Waals surface area contributed by atoms with E-state index in [4.69, 9.17) is 10.5 Å². The van der Waals surface area contributed by atoms with Crippen LogP contribution in [0, 0.1) is 0 Å². The third-order valence-electron chi connectivity index (χ3n) is 3.04. The van der Waals surface area contributed by atoms with Crippen molar-refractivity contribution in [2.24, 2.45) is 5.73 Å². The molecule has 2 rings (SSSR count). The molecule has 0 bridgehead atoms. The molecule has 3 N–H and O–H groups in total. The Bertz CT molecular complexity index is 703. The van der Waals surface area contributed by atoms with Crippen LogP contribution in [0.5, 0.6) is 5.75 Å². The summed E-state index contributed by atoms with van der Waals surface area (Å²) < 4.78 is 34.1. The molecule has 0 saturated heterocycles. The fourth-order valence-electron chi connectivity index (χ4n) is 1.87. The molecule has 7 nitrogen and oxygen atoms in total.